The van der Waals surface area contributed by atoms with Crippen LogP contribution in [0.5, 0.6) is 5.75 Å². The standard InChI is InChI=1S/C18H17N3O3S/c1-13-15(25-17(21-13)16-19-9-5-10-20-16)18(22)24-12-6-11-23-14-7-3-2-4-8-14/h2-5,7-10H,6,11-12H2,1H3. The number of rotatable bonds is 7. The summed E-state index contributed by atoms with van der Waals surface area (Å²) in [5.41, 5.74) is 0.623. The molecule has 0 spiro atoms. The Hall–Kier alpha value is -2.80. The quantitative estimate of drug-likeness (QED) is 0.477. The Morgan fingerprint density at radius 3 is 2.60 bits per heavy atom. The molecule has 25 heavy (non-hydrogen) atoms. The molecule has 2 aromatic heterocycles. The summed E-state index contributed by atoms with van der Waals surface area (Å²) in [6.45, 7) is 2.56. The zero-order valence-electron chi connectivity index (χ0n) is 13.7. The van der Waals surface area contributed by atoms with Gasteiger partial charge >= 0.3 is 5.97 Å². The van der Waals surface area contributed by atoms with Gasteiger partial charge in [0.25, 0.3) is 0 Å². The van der Waals surface area contributed by atoms with Gasteiger partial charge < -0.3 is 9.47 Å². The SMILES string of the molecule is Cc1nc(-c2ncccn2)sc1C(=O)OCCCOc1ccccc1. The number of hydrogen-bond acceptors (Lipinski definition) is 7. The first kappa shape index (κ1) is 17.0. The molecule has 1 aromatic carbocycles. The number of aryl methyl sites for hydroxylation is 1. The predicted molar refractivity (Wildman–Crippen MR) is 94.7 cm³/mol. The van der Waals surface area contributed by atoms with E-state index in [-0.39, 0.29) is 5.97 Å². The Morgan fingerprint density at radius 2 is 1.84 bits per heavy atom. The number of carbonyl (C=O) groups excluding carboxylic acids is 1. The van der Waals surface area contributed by atoms with E-state index >= 15 is 0 Å². The van der Waals surface area contributed by atoms with Crippen molar-refractivity contribution in [3.63, 3.8) is 0 Å². The summed E-state index contributed by atoms with van der Waals surface area (Å²) in [5.74, 6) is 0.933. The second-order valence-electron chi connectivity index (χ2n) is 5.16. The number of ether oxygens (including phenoxy) is 2. The molecule has 7 heteroatoms. The van der Waals surface area contributed by atoms with Gasteiger partial charge in [0, 0.05) is 18.8 Å². The first-order chi connectivity index (χ1) is 12.2. The molecule has 6 nitrogen and oxygen atoms in total. The van der Waals surface area contributed by atoms with Crippen molar-refractivity contribution in [1.29, 1.82) is 0 Å². The molecule has 0 unspecified atom stereocenters. The molecule has 0 amide bonds. The number of hydrogen-bond donors (Lipinski definition) is 0. The minimum atomic E-state index is -0.378. The summed E-state index contributed by atoms with van der Waals surface area (Å²) in [4.78, 5) is 25.3. The van der Waals surface area contributed by atoms with Gasteiger partial charge in [-0.05, 0) is 25.1 Å². The monoisotopic (exact) mass is 355 g/mol. The van der Waals surface area contributed by atoms with Crippen molar-refractivity contribution in [1.82, 2.24) is 15.0 Å². The van der Waals surface area contributed by atoms with Gasteiger partial charge in [0.05, 0.1) is 18.9 Å². The lowest BCUT2D eigenvalue weighted by Crippen LogP contribution is -2.09. The van der Waals surface area contributed by atoms with Gasteiger partial charge in [-0.1, -0.05) is 18.2 Å². The summed E-state index contributed by atoms with van der Waals surface area (Å²) >= 11 is 1.24. The van der Waals surface area contributed by atoms with E-state index in [1.807, 2.05) is 30.3 Å². The number of aromatic nitrogens is 3. The predicted octanol–water partition coefficient (Wildman–Crippen LogP) is 3.53. The zero-order chi connectivity index (χ0) is 17.5. The minimum absolute atomic E-state index is 0.292. The third kappa shape index (κ3) is 4.60. The van der Waals surface area contributed by atoms with E-state index in [1.165, 1.54) is 11.3 Å². The lowest BCUT2D eigenvalue weighted by atomic mass is 10.3. The maximum absolute atomic E-state index is 12.2. The topological polar surface area (TPSA) is 74.2 Å². The van der Waals surface area contributed by atoms with Crippen LogP contribution in [-0.4, -0.2) is 34.1 Å². The highest BCUT2D eigenvalue weighted by Crippen LogP contribution is 2.25. The summed E-state index contributed by atoms with van der Waals surface area (Å²) in [6.07, 6.45) is 3.90. The normalized spacial score (nSPS) is 10.4. The van der Waals surface area contributed by atoms with Crippen LogP contribution in [0.4, 0.5) is 0 Å². The smallest absolute Gasteiger partial charge is 0.350 e. The molecule has 0 aliphatic carbocycles. The molecular weight excluding hydrogens is 338 g/mol. The number of para-hydroxylation sites is 1. The van der Waals surface area contributed by atoms with Gasteiger partial charge in [-0.3, -0.25) is 0 Å². The Morgan fingerprint density at radius 1 is 1.08 bits per heavy atom. The van der Waals surface area contributed by atoms with Gasteiger partial charge in [0.1, 0.15) is 10.6 Å². The number of esters is 1. The summed E-state index contributed by atoms with van der Waals surface area (Å²) in [7, 11) is 0. The van der Waals surface area contributed by atoms with Gasteiger partial charge in [0.2, 0.25) is 0 Å². The largest absolute Gasteiger partial charge is 0.493 e. The lowest BCUT2D eigenvalue weighted by Gasteiger charge is -2.06. The van der Waals surface area contributed by atoms with E-state index in [9.17, 15) is 4.79 Å². The third-order valence-corrected chi connectivity index (χ3v) is 4.41. The number of carbonyl (C=O) groups is 1. The third-order valence-electron chi connectivity index (χ3n) is 3.27. The van der Waals surface area contributed by atoms with Crippen molar-refractivity contribution < 1.29 is 14.3 Å². The summed E-state index contributed by atoms with van der Waals surface area (Å²) in [5, 5.41) is 0.609. The van der Waals surface area contributed by atoms with Crippen molar-refractivity contribution in [3.8, 4) is 16.6 Å². The molecule has 128 valence electrons. The fourth-order valence-electron chi connectivity index (χ4n) is 2.09. The molecule has 0 saturated carbocycles. The first-order valence-electron chi connectivity index (χ1n) is 7.84. The highest BCUT2D eigenvalue weighted by atomic mass is 32.1. The molecule has 0 aliphatic heterocycles. The van der Waals surface area contributed by atoms with Crippen molar-refractivity contribution in [2.24, 2.45) is 0 Å². The zero-order valence-corrected chi connectivity index (χ0v) is 14.5. The van der Waals surface area contributed by atoms with Crippen LogP contribution in [0.25, 0.3) is 10.8 Å². The average Bonchev–Trinajstić information content (AvgIpc) is 3.05. The average molecular weight is 355 g/mol. The van der Waals surface area contributed by atoms with Gasteiger partial charge in [0.15, 0.2) is 10.8 Å². The van der Waals surface area contributed by atoms with Crippen LogP contribution in [0.2, 0.25) is 0 Å². The van der Waals surface area contributed by atoms with E-state index in [1.54, 1.807) is 25.4 Å². The second-order valence-corrected chi connectivity index (χ2v) is 6.16. The molecule has 0 fully saturated rings. The van der Waals surface area contributed by atoms with Crippen LogP contribution in [0.1, 0.15) is 21.8 Å². The molecule has 2 heterocycles. The lowest BCUT2D eigenvalue weighted by molar-refractivity contribution is 0.0490. The molecule has 0 aliphatic rings. The van der Waals surface area contributed by atoms with E-state index < -0.39 is 0 Å². The number of thiazole rings is 1. The molecule has 3 rings (SSSR count). The number of nitrogens with zero attached hydrogens (tertiary/aromatic N) is 3. The van der Waals surface area contributed by atoms with Crippen LogP contribution in [0, 0.1) is 6.92 Å². The Bertz CT molecular complexity index is 822. The van der Waals surface area contributed by atoms with Gasteiger partial charge in [-0.2, -0.15) is 0 Å². The van der Waals surface area contributed by atoms with E-state index in [4.69, 9.17) is 9.47 Å². The Kier molecular flexibility index (Phi) is 5.69. The molecule has 0 atom stereocenters. The maximum Gasteiger partial charge on any atom is 0.350 e. The molecule has 0 N–H and O–H groups in total. The van der Waals surface area contributed by atoms with Crippen LogP contribution in [0.3, 0.4) is 0 Å². The highest BCUT2D eigenvalue weighted by Gasteiger charge is 2.18. The van der Waals surface area contributed by atoms with Crippen LogP contribution < -0.4 is 4.74 Å². The number of benzene rings is 1. The van der Waals surface area contributed by atoms with Gasteiger partial charge in [-0.25, -0.2) is 19.7 Å². The molecule has 0 bridgehead atoms. The molecule has 0 saturated heterocycles. The molecule has 3 aromatic rings. The fourth-order valence-corrected chi connectivity index (χ4v) is 3.00. The van der Waals surface area contributed by atoms with Crippen molar-refractivity contribution in [2.45, 2.75) is 13.3 Å². The van der Waals surface area contributed by atoms with E-state index in [0.29, 0.717) is 41.0 Å². The van der Waals surface area contributed by atoms with Crippen LogP contribution in [0.15, 0.2) is 48.8 Å². The Labute approximate surface area is 149 Å². The van der Waals surface area contributed by atoms with Crippen molar-refractivity contribution >= 4 is 17.3 Å². The Balaban J connectivity index is 1.49. The van der Waals surface area contributed by atoms with Crippen molar-refractivity contribution in [3.05, 3.63) is 59.4 Å². The van der Waals surface area contributed by atoms with E-state index in [2.05, 4.69) is 15.0 Å². The highest BCUT2D eigenvalue weighted by molar-refractivity contribution is 7.16. The van der Waals surface area contributed by atoms with Crippen molar-refractivity contribution in [2.75, 3.05) is 13.2 Å². The van der Waals surface area contributed by atoms with E-state index in [0.717, 1.165) is 5.75 Å². The second kappa shape index (κ2) is 8.34. The van der Waals surface area contributed by atoms with Gasteiger partial charge in [-0.15, -0.1) is 11.3 Å². The summed E-state index contributed by atoms with van der Waals surface area (Å²) < 4.78 is 10.9. The fraction of sp³-hybridized carbons (Fsp3) is 0.222. The maximum atomic E-state index is 12.2. The molecule has 0 radical (unpaired) electrons. The van der Waals surface area contributed by atoms with Crippen LogP contribution >= 0.6 is 11.3 Å². The molecular formula is C18H17N3O3S. The van der Waals surface area contributed by atoms with Crippen LogP contribution in [-0.2, 0) is 4.74 Å². The first-order valence-corrected chi connectivity index (χ1v) is 8.65. The minimum Gasteiger partial charge on any atom is -0.493 e. The summed E-state index contributed by atoms with van der Waals surface area (Å²) in [6, 6.07) is 11.3.